The fraction of sp³-hybridized carbons (Fsp3) is 0.368. The molecule has 1 aromatic carbocycles. The summed E-state index contributed by atoms with van der Waals surface area (Å²) in [7, 11) is 0. The minimum absolute atomic E-state index is 0.170. The first kappa shape index (κ1) is 19.6. The van der Waals surface area contributed by atoms with Gasteiger partial charge in [0.25, 0.3) is 11.8 Å². The number of benzene rings is 1. The molecule has 0 bridgehead atoms. The summed E-state index contributed by atoms with van der Waals surface area (Å²) in [5.74, 6) is -3.66. The van der Waals surface area contributed by atoms with Crippen LogP contribution >= 0.6 is 11.6 Å². The number of hydrogen-bond donors (Lipinski definition) is 1. The number of piperidine rings is 1. The van der Waals surface area contributed by atoms with Crippen molar-refractivity contribution >= 4 is 17.5 Å². The number of nitrogens with zero attached hydrogens (tertiary/aromatic N) is 2. The van der Waals surface area contributed by atoms with Gasteiger partial charge < -0.3 is 5.32 Å². The maximum Gasteiger partial charge on any atom is 0.252 e. The van der Waals surface area contributed by atoms with Crippen molar-refractivity contribution in [3.63, 3.8) is 0 Å². The van der Waals surface area contributed by atoms with Crippen molar-refractivity contribution in [2.45, 2.75) is 24.8 Å². The van der Waals surface area contributed by atoms with E-state index in [0.717, 1.165) is 0 Å². The van der Waals surface area contributed by atoms with Gasteiger partial charge in [0.05, 0.1) is 16.6 Å². The third-order valence-corrected chi connectivity index (χ3v) is 5.01. The molecular weight excluding hydrogens is 379 g/mol. The second-order valence-corrected chi connectivity index (χ2v) is 6.92. The lowest BCUT2D eigenvalue weighted by Crippen LogP contribution is -2.45. The van der Waals surface area contributed by atoms with Crippen molar-refractivity contribution in [3.05, 3.63) is 64.7 Å². The molecule has 0 saturated carbocycles. The number of halogens is 4. The van der Waals surface area contributed by atoms with Crippen LogP contribution in [0.25, 0.3) is 0 Å². The Kier molecular flexibility index (Phi) is 6.01. The topological polar surface area (TPSA) is 45.2 Å². The summed E-state index contributed by atoms with van der Waals surface area (Å²) in [5, 5.41) is 3.12. The van der Waals surface area contributed by atoms with Gasteiger partial charge in [0, 0.05) is 38.7 Å². The van der Waals surface area contributed by atoms with Crippen molar-refractivity contribution in [1.82, 2.24) is 15.2 Å². The van der Waals surface area contributed by atoms with Gasteiger partial charge in [0.1, 0.15) is 0 Å². The van der Waals surface area contributed by atoms with Crippen molar-refractivity contribution in [3.8, 4) is 0 Å². The number of amides is 1. The first-order valence-corrected chi connectivity index (χ1v) is 8.99. The van der Waals surface area contributed by atoms with Gasteiger partial charge in [-0.05, 0) is 23.8 Å². The molecule has 3 rings (SSSR count). The van der Waals surface area contributed by atoms with Crippen LogP contribution in [0.1, 0.15) is 34.8 Å². The summed E-state index contributed by atoms with van der Waals surface area (Å²) in [4.78, 5) is 17.9. The van der Waals surface area contributed by atoms with Crippen LogP contribution in [-0.2, 0) is 0 Å². The number of hydrogen-bond acceptors (Lipinski definition) is 3. The number of likely N-dealkylation sites (tertiary alicyclic amines) is 1. The highest BCUT2D eigenvalue weighted by atomic mass is 35.5. The summed E-state index contributed by atoms with van der Waals surface area (Å²) < 4.78 is 40.2. The molecule has 1 aliphatic rings. The molecule has 1 saturated heterocycles. The molecule has 8 heteroatoms. The molecule has 1 aliphatic heterocycles. The van der Waals surface area contributed by atoms with Crippen LogP contribution in [0.2, 0.25) is 5.02 Å². The van der Waals surface area contributed by atoms with Gasteiger partial charge in [-0.15, -0.1) is 0 Å². The molecule has 0 aliphatic carbocycles. The first-order chi connectivity index (χ1) is 12.9. The number of nitrogens with one attached hydrogen (secondary N) is 1. The van der Waals surface area contributed by atoms with Gasteiger partial charge in [-0.1, -0.05) is 29.8 Å². The maximum absolute atomic E-state index is 13.5. The van der Waals surface area contributed by atoms with E-state index in [1.165, 1.54) is 12.3 Å². The van der Waals surface area contributed by atoms with E-state index in [4.69, 9.17) is 11.6 Å². The van der Waals surface area contributed by atoms with E-state index in [2.05, 4.69) is 10.3 Å². The Morgan fingerprint density at radius 1 is 1.22 bits per heavy atom. The van der Waals surface area contributed by atoms with Gasteiger partial charge in [-0.3, -0.25) is 9.69 Å². The lowest BCUT2D eigenvalue weighted by molar-refractivity contribution is -0.0632. The number of aromatic nitrogens is 1. The minimum atomic E-state index is -2.68. The lowest BCUT2D eigenvalue weighted by atomic mass is 10.0. The predicted molar refractivity (Wildman–Crippen MR) is 96.5 cm³/mol. The Morgan fingerprint density at radius 2 is 1.93 bits per heavy atom. The van der Waals surface area contributed by atoms with Crippen LogP contribution in [0, 0.1) is 5.95 Å². The molecule has 0 spiro atoms. The van der Waals surface area contributed by atoms with Crippen LogP contribution in [0.15, 0.2) is 42.6 Å². The summed E-state index contributed by atoms with van der Waals surface area (Å²) in [6.07, 6.45) is 0.863. The van der Waals surface area contributed by atoms with Gasteiger partial charge in [-0.2, -0.15) is 4.39 Å². The van der Waals surface area contributed by atoms with E-state index < -0.39 is 11.9 Å². The highest BCUT2D eigenvalue weighted by Crippen LogP contribution is 2.32. The van der Waals surface area contributed by atoms with Gasteiger partial charge in [-0.25, -0.2) is 13.8 Å². The molecule has 2 aromatic rings. The summed E-state index contributed by atoms with van der Waals surface area (Å²) >= 11 is 6.04. The average Bonchev–Trinajstić information content (AvgIpc) is 2.64. The Hall–Kier alpha value is -2.12. The minimum Gasteiger partial charge on any atom is -0.350 e. The largest absolute Gasteiger partial charge is 0.350 e. The quantitative estimate of drug-likeness (QED) is 0.773. The second kappa shape index (κ2) is 8.27. The Balaban J connectivity index is 1.75. The highest BCUT2D eigenvalue weighted by molar-refractivity contribution is 6.33. The van der Waals surface area contributed by atoms with Crippen molar-refractivity contribution in [2.75, 3.05) is 19.6 Å². The molecule has 0 radical (unpaired) electrons. The van der Waals surface area contributed by atoms with Crippen molar-refractivity contribution < 1.29 is 18.0 Å². The number of carbonyl (C=O) groups is 1. The van der Waals surface area contributed by atoms with Crippen LogP contribution < -0.4 is 5.32 Å². The van der Waals surface area contributed by atoms with Gasteiger partial charge in [0.15, 0.2) is 0 Å². The average molecular weight is 398 g/mol. The van der Waals surface area contributed by atoms with Crippen LogP contribution in [0.4, 0.5) is 13.2 Å². The van der Waals surface area contributed by atoms with E-state index in [0.29, 0.717) is 16.1 Å². The fourth-order valence-electron chi connectivity index (χ4n) is 3.13. The molecular formula is C19H19ClF3N3O. The molecule has 2 heterocycles. The molecule has 4 nitrogen and oxygen atoms in total. The number of pyridine rings is 1. The first-order valence-electron chi connectivity index (χ1n) is 8.62. The molecule has 1 fully saturated rings. The highest BCUT2D eigenvalue weighted by Gasteiger charge is 2.36. The molecule has 1 N–H and O–H groups in total. The van der Waals surface area contributed by atoms with Crippen LogP contribution in [-0.4, -0.2) is 41.3 Å². The standard InChI is InChI=1S/C19H19ClF3N3O/c20-15-4-2-1-3-14(15)18(27)25-12-16(13-5-6-17(21)24-11-13)26-9-7-19(22,23)8-10-26/h1-6,11,16H,7-10,12H2,(H,25,27). The molecule has 1 aromatic heterocycles. The number of alkyl halides is 2. The van der Waals surface area contributed by atoms with Crippen molar-refractivity contribution in [2.24, 2.45) is 0 Å². The van der Waals surface area contributed by atoms with Crippen LogP contribution in [0.3, 0.4) is 0 Å². The SMILES string of the molecule is O=C(NCC(c1ccc(F)nc1)N1CCC(F)(F)CC1)c1ccccc1Cl. The lowest BCUT2D eigenvalue weighted by Gasteiger charge is -2.37. The number of rotatable bonds is 5. The predicted octanol–water partition coefficient (Wildman–Crippen LogP) is 4.08. The van der Waals surface area contributed by atoms with E-state index in [1.807, 2.05) is 4.90 Å². The Bertz CT molecular complexity index is 791. The summed E-state index contributed by atoms with van der Waals surface area (Å²) in [5.41, 5.74) is 0.987. The number of carbonyl (C=O) groups excluding carboxylic acids is 1. The molecule has 1 amide bonds. The zero-order valence-electron chi connectivity index (χ0n) is 14.5. The third-order valence-electron chi connectivity index (χ3n) is 4.68. The van der Waals surface area contributed by atoms with E-state index in [9.17, 15) is 18.0 Å². The van der Waals surface area contributed by atoms with E-state index in [-0.39, 0.29) is 44.4 Å². The molecule has 144 valence electrons. The second-order valence-electron chi connectivity index (χ2n) is 6.51. The van der Waals surface area contributed by atoms with E-state index >= 15 is 0 Å². The van der Waals surface area contributed by atoms with Crippen LogP contribution in [0.5, 0.6) is 0 Å². The third kappa shape index (κ3) is 4.99. The summed E-state index contributed by atoms with van der Waals surface area (Å²) in [6, 6.07) is 9.03. The Labute approximate surface area is 160 Å². The van der Waals surface area contributed by atoms with Gasteiger partial charge >= 0.3 is 0 Å². The monoisotopic (exact) mass is 397 g/mol. The zero-order valence-corrected chi connectivity index (χ0v) is 15.2. The summed E-state index contributed by atoms with van der Waals surface area (Å²) in [6.45, 7) is 0.525. The van der Waals surface area contributed by atoms with E-state index in [1.54, 1.807) is 30.3 Å². The molecule has 27 heavy (non-hydrogen) atoms. The van der Waals surface area contributed by atoms with Gasteiger partial charge in [0.2, 0.25) is 5.95 Å². The zero-order chi connectivity index (χ0) is 19.4. The smallest absolute Gasteiger partial charge is 0.252 e. The molecule has 1 unspecified atom stereocenters. The Morgan fingerprint density at radius 3 is 2.56 bits per heavy atom. The molecule has 1 atom stereocenters. The normalized spacial score (nSPS) is 18.1. The van der Waals surface area contributed by atoms with Crippen molar-refractivity contribution in [1.29, 1.82) is 0 Å². The maximum atomic E-state index is 13.5. The fourth-order valence-corrected chi connectivity index (χ4v) is 3.36.